The summed E-state index contributed by atoms with van der Waals surface area (Å²) < 4.78 is 15.5. The Balaban J connectivity index is 1.31. The maximum atomic E-state index is 13.3. The van der Waals surface area contributed by atoms with Crippen molar-refractivity contribution in [3.05, 3.63) is 102 Å². The van der Waals surface area contributed by atoms with E-state index in [2.05, 4.69) is 67.6 Å². The molecule has 0 fully saturated rings. The molecule has 2 aromatic carbocycles. The van der Waals surface area contributed by atoms with E-state index in [0.717, 1.165) is 25.2 Å². The summed E-state index contributed by atoms with van der Waals surface area (Å²) in [6.07, 6.45) is 3.60. The summed E-state index contributed by atoms with van der Waals surface area (Å²) in [7, 11) is 0. The van der Waals surface area contributed by atoms with Gasteiger partial charge >= 0.3 is 0 Å². The molecular formula is C25H24FN5O. The fraction of sp³-hybridized carbons (Fsp3) is 0.200. The van der Waals surface area contributed by atoms with Gasteiger partial charge < -0.3 is 9.88 Å². The van der Waals surface area contributed by atoms with Crippen LogP contribution < -0.4 is 5.32 Å². The topological polar surface area (TPSA) is 66.0 Å². The quantitative estimate of drug-likeness (QED) is 0.490. The van der Waals surface area contributed by atoms with Gasteiger partial charge in [-0.3, -0.25) is 14.8 Å². The Morgan fingerprint density at radius 3 is 2.72 bits per heavy atom. The number of halogens is 1. The number of benzene rings is 2. The van der Waals surface area contributed by atoms with Crippen LogP contribution in [0.2, 0.25) is 0 Å². The van der Waals surface area contributed by atoms with Gasteiger partial charge in [0.1, 0.15) is 5.82 Å². The number of rotatable bonds is 6. The highest BCUT2D eigenvalue weighted by Crippen LogP contribution is 2.23. The SMILES string of the molecule is O=C(NCC1Cn2cccc2CN1Cc1ccccc1)c1cn[nH]c1-c1ccc(F)cc1. The Morgan fingerprint density at radius 1 is 1.09 bits per heavy atom. The molecule has 0 bridgehead atoms. The molecule has 1 aliphatic rings. The number of H-pyrrole nitrogens is 1. The zero-order valence-electron chi connectivity index (χ0n) is 17.5. The molecule has 2 N–H and O–H groups in total. The average Bonchev–Trinajstić information content (AvgIpc) is 3.48. The number of carbonyl (C=O) groups is 1. The molecule has 7 heteroatoms. The second-order valence-corrected chi connectivity index (χ2v) is 8.07. The lowest BCUT2D eigenvalue weighted by atomic mass is 10.1. The third kappa shape index (κ3) is 4.20. The predicted molar refractivity (Wildman–Crippen MR) is 120 cm³/mol. The van der Waals surface area contributed by atoms with E-state index in [0.29, 0.717) is 17.8 Å². The lowest BCUT2D eigenvalue weighted by molar-refractivity contribution is 0.0899. The average molecular weight is 429 g/mol. The number of aromatic nitrogens is 3. The zero-order valence-corrected chi connectivity index (χ0v) is 17.5. The van der Waals surface area contributed by atoms with Crippen molar-refractivity contribution in [1.29, 1.82) is 0 Å². The molecule has 1 aliphatic heterocycles. The van der Waals surface area contributed by atoms with Crippen LogP contribution in [0.5, 0.6) is 0 Å². The first-order chi connectivity index (χ1) is 15.7. The van der Waals surface area contributed by atoms with Crippen LogP contribution in [0.1, 0.15) is 21.6 Å². The molecule has 1 unspecified atom stereocenters. The van der Waals surface area contributed by atoms with Gasteiger partial charge in [0.2, 0.25) is 0 Å². The smallest absolute Gasteiger partial charge is 0.255 e. The number of amides is 1. The first-order valence-electron chi connectivity index (χ1n) is 10.7. The zero-order chi connectivity index (χ0) is 21.9. The van der Waals surface area contributed by atoms with Gasteiger partial charge in [0.05, 0.1) is 17.5 Å². The normalized spacial score (nSPS) is 16.0. The van der Waals surface area contributed by atoms with Crippen molar-refractivity contribution in [1.82, 2.24) is 25.0 Å². The van der Waals surface area contributed by atoms with Crippen LogP contribution in [0.3, 0.4) is 0 Å². The van der Waals surface area contributed by atoms with Crippen LogP contribution in [-0.2, 0) is 19.6 Å². The molecule has 0 aliphatic carbocycles. The lowest BCUT2D eigenvalue weighted by Gasteiger charge is -2.37. The molecular weight excluding hydrogens is 405 g/mol. The van der Waals surface area contributed by atoms with Crippen LogP contribution in [0, 0.1) is 5.82 Å². The summed E-state index contributed by atoms with van der Waals surface area (Å²) in [4.78, 5) is 15.4. The highest BCUT2D eigenvalue weighted by Gasteiger charge is 2.27. The molecule has 1 atom stereocenters. The third-order valence-corrected chi connectivity index (χ3v) is 5.96. The van der Waals surface area contributed by atoms with E-state index in [1.807, 2.05) is 6.07 Å². The van der Waals surface area contributed by atoms with E-state index >= 15 is 0 Å². The maximum Gasteiger partial charge on any atom is 0.255 e. The van der Waals surface area contributed by atoms with Crippen LogP contribution in [-0.4, -0.2) is 38.2 Å². The largest absolute Gasteiger partial charge is 0.350 e. The van der Waals surface area contributed by atoms with Gasteiger partial charge in [-0.05, 0) is 42.0 Å². The molecule has 162 valence electrons. The van der Waals surface area contributed by atoms with Gasteiger partial charge in [-0.1, -0.05) is 30.3 Å². The molecule has 5 rings (SSSR count). The fourth-order valence-corrected chi connectivity index (χ4v) is 4.25. The van der Waals surface area contributed by atoms with Crippen molar-refractivity contribution in [2.45, 2.75) is 25.7 Å². The van der Waals surface area contributed by atoms with Crippen LogP contribution in [0.25, 0.3) is 11.3 Å². The van der Waals surface area contributed by atoms with Crippen molar-refractivity contribution in [2.75, 3.05) is 6.54 Å². The van der Waals surface area contributed by atoms with Gasteiger partial charge in [-0.2, -0.15) is 5.10 Å². The summed E-state index contributed by atoms with van der Waals surface area (Å²) in [5.41, 5.74) is 4.27. The molecule has 0 spiro atoms. The van der Waals surface area contributed by atoms with Gasteiger partial charge in [0.25, 0.3) is 5.91 Å². The van der Waals surface area contributed by atoms with Crippen molar-refractivity contribution in [2.24, 2.45) is 0 Å². The van der Waals surface area contributed by atoms with Crippen molar-refractivity contribution < 1.29 is 9.18 Å². The lowest BCUT2D eigenvalue weighted by Crippen LogP contribution is -2.48. The first-order valence-corrected chi connectivity index (χ1v) is 10.7. The third-order valence-electron chi connectivity index (χ3n) is 5.96. The van der Waals surface area contributed by atoms with Gasteiger partial charge in [-0.15, -0.1) is 0 Å². The Morgan fingerprint density at radius 2 is 1.91 bits per heavy atom. The Bertz CT molecular complexity index is 1200. The number of nitrogens with one attached hydrogen (secondary N) is 2. The molecule has 32 heavy (non-hydrogen) atoms. The summed E-state index contributed by atoms with van der Waals surface area (Å²) >= 11 is 0. The summed E-state index contributed by atoms with van der Waals surface area (Å²) in [5.74, 6) is -0.518. The highest BCUT2D eigenvalue weighted by atomic mass is 19.1. The number of carbonyl (C=O) groups excluding carboxylic acids is 1. The standard InChI is InChI=1S/C25H24FN5O/c26-20-10-8-19(9-11-20)24-23(14-28-29-24)25(32)27-13-22-17-30-12-4-7-21(30)16-31(22)15-18-5-2-1-3-6-18/h1-12,14,22H,13,15-17H2,(H,27,32)(H,28,29). The first kappa shape index (κ1) is 20.2. The van der Waals surface area contributed by atoms with Crippen LogP contribution >= 0.6 is 0 Å². The molecule has 2 aromatic heterocycles. The van der Waals surface area contributed by atoms with Crippen molar-refractivity contribution in [3.63, 3.8) is 0 Å². The molecule has 0 saturated heterocycles. The maximum absolute atomic E-state index is 13.3. The molecule has 6 nitrogen and oxygen atoms in total. The second-order valence-electron chi connectivity index (χ2n) is 8.07. The molecule has 4 aromatic rings. The van der Waals surface area contributed by atoms with E-state index in [9.17, 15) is 9.18 Å². The minimum absolute atomic E-state index is 0.153. The monoisotopic (exact) mass is 429 g/mol. The minimum atomic E-state index is -0.320. The van der Waals surface area contributed by atoms with E-state index in [1.165, 1.54) is 29.6 Å². The molecule has 1 amide bonds. The second kappa shape index (κ2) is 8.80. The molecule has 3 heterocycles. The van der Waals surface area contributed by atoms with E-state index in [4.69, 9.17) is 0 Å². The summed E-state index contributed by atoms with van der Waals surface area (Å²) in [6.45, 7) is 2.97. The van der Waals surface area contributed by atoms with E-state index in [1.54, 1.807) is 12.1 Å². The summed E-state index contributed by atoms with van der Waals surface area (Å²) in [6, 6.07) is 20.8. The number of nitrogens with zero attached hydrogens (tertiary/aromatic N) is 3. The van der Waals surface area contributed by atoms with Crippen LogP contribution in [0.4, 0.5) is 4.39 Å². The predicted octanol–water partition coefficient (Wildman–Crippen LogP) is 3.83. The van der Waals surface area contributed by atoms with Crippen LogP contribution in [0.15, 0.2) is 79.1 Å². The summed E-state index contributed by atoms with van der Waals surface area (Å²) in [5, 5.41) is 9.99. The van der Waals surface area contributed by atoms with Gasteiger partial charge in [0.15, 0.2) is 0 Å². The number of fused-ring (bicyclic) bond motifs is 1. The van der Waals surface area contributed by atoms with E-state index < -0.39 is 0 Å². The highest BCUT2D eigenvalue weighted by molar-refractivity contribution is 5.99. The minimum Gasteiger partial charge on any atom is -0.350 e. The molecule has 0 saturated carbocycles. The fourth-order valence-electron chi connectivity index (χ4n) is 4.25. The number of hydrogen-bond acceptors (Lipinski definition) is 3. The van der Waals surface area contributed by atoms with Gasteiger partial charge in [0, 0.05) is 49.7 Å². The Kier molecular flexibility index (Phi) is 5.56. The number of hydrogen-bond donors (Lipinski definition) is 2. The Labute approximate surface area is 185 Å². The number of aromatic amines is 1. The van der Waals surface area contributed by atoms with Crippen molar-refractivity contribution in [3.8, 4) is 11.3 Å². The van der Waals surface area contributed by atoms with Gasteiger partial charge in [-0.25, -0.2) is 4.39 Å². The van der Waals surface area contributed by atoms with E-state index in [-0.39, 0.29) is 17.8 Å². The van der Waals surface area contributed by atoms with Crippen molar-refractivity contribution >= 4 is 5.91 Å². The molecule has 0 radical (unpaired) electrons. The Hall–Kier alpha value is -3.71.